The highest BCUT2D eigenvalue weighted by atomic mass is 79.9. The lowest BCUT2D eigenvalue weighted by atomic mass is 10.2. The van der Waals surface area contributed by atoms with E-state index in [1.807, 2.05) is 18.2 Å². The quantitative estimate of drug-likeness (QED) is 0.789. The molecule has 1 N–H and O–H groups in total. The predicted molar refractivity (Wildman–Crippen MR) is 99.6 cm³/mol. The van der Waals surface area contributed by atoms with E-state index in [0.717, 1.165) is 24.0 Å². The molecule has 1 aliphatic rings. The van der Waals surface area contributed by atoms with Crippen LogP contribution in [0.1, 0.15) is 12.0 Å². The van der Waals surface area contributed by atoms with Crippen LogP contribution in [-0.2, 0) is 16.6 Å². The molecule has 0 saturated carbocycles. The Morgan fingerprint density at radius 2 is 1.96 bits per heavy atom. The molecule has 0 spiro atoms. The lowest BCUT2D eigenvalue weighted by molar-refractivity contribution is 0.324. The summed E-state index contributed by atoms with van der Waals surface area (Å²) in [6.45, 7) is 2.40. The predicted octanol–water partition coefficient (Wildman–Crippen LogP) is 3.66. The molecule has 1 aliphatic heterocycles. The molecule has 1 heterocycles. The fourth-order valence-electron chi connectivity index (χ4n) is 2.89. The summed E-state index contributed by atoms with van der Waals surface area (Å²) < 4.78 is 28.6. The molecule has 1 atom stereocenters. The highest BCUT2D eigenvalue weighted by Crippen LogP contribution is 2.26. The Hall–Kier alpha value is -0.920. The van der Waals surface area contributed by atoms with Gasteiger partial charge < -0.3 is 0 Å². The second kappa shape index (κ2) is 7.54. The van der Waals surface area contributed by atoms with Gasteiger partial charge in [0.25, 0.3) is 0 Å². The van der Waals surface area contributed by atoms with Gasteiger partial charge in [-0.3, -0.25) is 4.90 Å². The molecule has 0 aliphatic carbocycles. The minimum absolute atomic E-state index is 0.0987. The molecule has 4 nitrogen and oxygen atoms in total. The highest BCUT2D eigenvalue weighted by Gasteiger charge is 2.28. The van der Waals surface area contributed by atoms with E-state index in [-0.39, 0.29) is 16.0 Å². The van der Waals surface area contributed by atoms with E-state index in [1.54, 1.807) is 12.1 Å². The first kappa shape index (κ1) is 17.9. The van der Waals surface area contributed by atoms with E-state index in [4.69, 9.17) is 11.6 Å². The second-order valence-corrected chi connectivity index (χ2v) is 8.91. The van der Waals surface area contributed by atoms with Crippen molar-refractivity contribution in [3.05, 3.63) is 63.6 Å². The molecule has 0 unspecified atom stereocenters. The first-order chi connectivity index (χ1) is 11.4. The van der Waals surface area contributed by atoms with Crippen LogP contribution in [0, 0.1) is 0 Å². The number of sulfonamides is 1. The SMILES string of the molecule is O=S(=O)(N[C@H]1CCN(Cc2ccccc2)C1)c1ccc(Br)cc1Cl. The van der Waals surface area contributed by atoms with Gasteiger partial charge in [0, 0.05) is 30.1 Å². The summed E-state index contributed by atoms with van der Waals surface area (Å²) in [6.07, 6.45) is 0.792. The number of benzene rings is 2. The van der Waals surface area contributed by atoms with E-state index in [1.165, 1.54) is 11.6 Å². The molecule has 0 aromatic heterocycles. The second-order valence-electron chi connectivity index (χ2n) is 5.90. The van der Waals surface area contributed by atoms with Crippen molar-refractivity contribution in [2.75, 3.05) is 13.1 Å². The maximum atomic E-state index is 12.6. The van der Waals surface area contributed by atoms with Crippen molar-refractivity contribution in [2.24, 2.45) is 0 Å². The zero-order valence-electron chi connectivity index (χ0n) is 13.0. The van der Waals surface area contributed by atoms with Crippen molar-refractivity contribution in [2.45, 2.75) is 23.9 Å². The molecule has 0 radical (unpaired) electrons. The Labute approximate surface area is 156 Å². The maximum Gasteiger partial charge on any atom is 0.242 e. The van der Waals surface area contributed by atoms with Crippen LogP contribution in [-0.4, -0.2) is 32.4 Å². The minimum Gasteiger partial charge on any atom is -0.297 e. The molecular formula is C17H18BrClN2O2S. The van der Waals surface area contributed by atoms with E-state index in [9.17, 15) is 8.42 Å². The summed E-state index contributed by atoms with van der Waals surface area (Å²) >= 11 is 9.36. The number of nitrogens with zero attached hydrogens (tertiary/aromatic N) is 1. The smallest absolute Gasteiger partial charge is 0.242 e. The van der Waals surface area contributed by atoms with Crippen LogP contribution in [0.2, 0.25) is 5.02 Å². The van der Waals surface area contributed by atoms with Crippen molar-refractivity contribution in [1.29, 1.82) is 0 Å². The van der Waals surface area contributed by atoms with E-state index in [0.29, 0.717) is 6.54 Å². The Morgan fingerprint density at radius 1 is 1.21 bits per heavy atom. The number of halogens is 2. The van der Waals surface area contributed by atoms with Gasteiger partial charge >= 0.3 is 0 Å². The summed E-state index contributed by atoms with van der Waals surface area (Å²) in [4.78, 5) is 2.37. The van der Waals surface area contributed by atoms with Crippen LogP contribution in [0.25, 0.3) is 0 Å². The van der Waals surface area contributed by atoms with Crippen molar-refractivity contribution in [3.8, 4) is 0 Å². The Bertz CT molecular complexity index is 815. The zero-order chi connectivity index (χ0) is 17.2. The fraction of sp³-hybridized carbons (Fsp3) is 0.294. The Morgan fingerprint density at radius 3 is 2.67 bits per heavy atom. The van der Waals surface area contributed by atoms with Crippen molar-refractivity contribution < 1.29 is 8.42 Å². The van der Waals surface area contributed by atoms with Gasteiger partial charge in [0.2, 0.25) is 10.0 Å². The standard InChI is InChI=1S/C17H18BrClN2O2S/c18-14-6-7-17(16(19)10-14)24(22,23)20-15-8-9-21(12-15)11-13-4-2-1-3-5-13/h1-7,10,15,20H,8-9,11-12H2/t15-/m0/s1. The number of rotatable bonds is 5. The summed E-state index contributed by atoms with van der Waals surface area (Å²) in [5.41, 5.74) is 1.23. The molecule has 0 bridgehead atoms. The van der Waals surface area contributed by atoms with Crippen LogP contribution in [0.5, 0.6) is 0 Å². The van der Waals surface area contributed by atoms with E-state index >= 15 is 0 Å². The summed E-state index contributed by atoms with van der Waals surface area (Å²) in [5, 5.41) is 0.219. The van der Waals surface area contributed by atoms with Crippen LogP contribution in [0.15, 0.2) is 57.9 Å². The molecule has 1 fully saturated rings. The van der Waals surface area contributed by atoms with Gasteiger partial charge in [-0.05, 0) is 30.2 Å². The Balaban J connectivity index is 1.64. The molecule has 2 aromatic carbocycles. The molecule has 24 heavy (non-hydrogen) atoms. The third-order valence-electron chi connectivity index (χ3n) is 4.03. The summed E-state index contributed by atoms with van der Waals surface area (Å²) in [5.74, 6) is 0. The number of hydrogen-bond donors (Lipinski definition) is 1. The minimum atomic E-state index is -3.62. The van der Waals surface area contributed by atoms with Gasteiger partial charge in [-0.1, -0.05) is 57.9 Å². The first-order valence-electron chi connectivity index (χ1n) is 7.68. The molecule has 3 rings (SSSR count). The molecule has 1 saturated heterocycles. The molecule has 7 heteroatoms. The Kier molecular flexibility index (Phi) is 5.62. The van der Waals surface area contributed by atoms with Crippen LogP contribution in [0.4, 0.5) is 0 Å². The first-order valence-corrected chi connectivity index (χ1v) is 10.3. The van der Waals surface area contributed by atoms with Gasteiger partial charge in [0.15, 0.2) is 0 Å². The third kappa shape index (κ3) is 4.37. The highest BCUT2D eigenvalue weighted by molar-refractivity contribution is 9.10. The van der Waals surface area contributed by atoms with Crippen molar-refractivity contribution >= 4 is 37.6 Å². The molecule has 0 amide bonds. The van der Waals surface area contributed by atoms with Gasteiger partial charge in [0.05, 0.1) is 5.02 Å². The monoisotopic (exact) mass is 428 g/mol. The average Bonchev–Trinajstić information content (AvgIpc) is 2.94. The summed E-state index contributed by atoms with van der Waals surface area (Å²) in [7, 11) is -3.62. The van der Waals surface area contributed by atoms with Crippen LogP contribution < -0.4 is 4.72 Å². The number of hydrogen-bond acceptors (Lipinski definition) is 3. The summed E-state index contributed by atoms with van der Waals surface area (Å²) in [6, 6.07) is 14.9. The third-order valence-corrected chi connectivity index (χ3v) is 6.52. The fourth-order valence-corrected chi connectivity index (χ4v) is 5.19. The van der Waals surface area contributed by atoms with Crippen molar-refractivity contribution in [3.63, 3.8) is 0 Å². The van der Waals surface area contributed by atoms with E-state index in [2.05, 4.69) is 37.7 Å². The normalized spacial score (nSPS) is 18.8. The topological polar surface area (TPSA) is 49.4 Å². The maximum absolute atomic E-state index is 12.6. The van der Waals surface area contributed by atoms with Gasteiger partial charge in [-0.2, -0.15) is 0 Å². The molecule has 128 valence electrons. The lowest BCUT2D eigenvalue weighted by Gasteiger charge is -2.17. The lowest BCUT2D eigenvalue weighted by Crippen LogP contribution is -2.37. The van der Waals surface area contributed by atoms with Gasteiger partial charge in [0.1, 0.15) is 4.90 Å². The number of likely N-dealkylation sites (tertiary alicyclic amines) is 1. The molecular weight excluding hydrogens is 412 g/mol. The number of nitrogens with one attached hydrogen (secondary N) is 1. The van der Waals surface area contributed by atoms with Crippen molar-refractivity contribution in [1.82, 2.24) is 9.62 Å². The molecule has 2 aromatic rings. The average molecular weight is 430 g/mol. The zero-order valence-corrected chi connectivity index (χ0v) is 16.1. The van der Waals surface area contributed by atoms with Crippen LogP contribution >= 0.6 is 27.5 Å². The van der Waals surface area contributed by atoms with Crippen LogP contribution in [0.3, 0.4) is 0 Å². The van der Waals surface area contributed by atoms with E-state index < -0.39 is 10.0 Å². The van der Waals surface area contributed by atoms with Gasteiger partial charge in [-0.25, -0.2) is 13.1 Å². The van der Waals surface area contributed by atoms with Gasteiger partial charge in [-0.15, -0.1) is 0 Å². The largest absolute Gasteiger partial charge is 0.297 e.